The minimum atomic E-state index is -3.66. The first-order valence-corrected chi connectivity index (χ1v) is 12.3. The van der Waals surface area contributed by atoms with Gasteiger partial charge in [-0.2, -0.15) is 9.57 Å². The van der Waals surface area contributed by atoms with Crippen LogP contribution in [0.25, 0.3) is 0 Å². The SMILES string of the molecule is N#Cc1c(NCC(=O)c2cccc(S(=O)(=O)N3CCOCC3)c2)sc2c1CCCC2. The standard InChI is InChI=1S/C21H23N3O4S2/c22-13-18-17-6-1-2-7-20(17)29-21(18)23-14-19(25)15-4-3-5-16(12-15)30(26,27)24-8-10-28-11-9-24/h3-5,12,23H,1-2,6-11,14H2. The van der Waals surface area contributed by atoms with Crippen molar-refractivity contribution < 1.29 is 17.9 Å². The van der Waals surface area contributed by atoms with Crippen molar-refractivity contribution in [1.29, 1.82) is 5.26 Å². The summed E-state index contributed by atoms with van der Waals surface area (Å²) in [7, 11) is -3.66. The fourth-order valence-electron chi connectivity index (χ4n) is 3.84. The number of aryl methyl sites for hydroxylation is 1. The minimum absolute atomic E-state index is 0.00906. The maximum Gasteiger partial charge on any atom is 0.243 e. The molecule has 158 valence electrons. The number of hydrogen-bond acceptors (Lipinski definition) is 7. The molecule has 2 aliphatic rings. The van der Waals surface area contributed by atoms with Crippen molar-refractivity contribution in [2.45, 2.75) is 30.6 Å². The Morgan fingerprint density at radius 1 is 1.23 bits per heavy atom. The second-order valence-corrected chi connectivity index (χ2v) is 10.4. The van der Waals surface area contributed by atoms with Crippen LogP contribution in [0.4, 0.5) is 5.00 Å². The van der Waals surface area contributed by atoms with Crippen molar-refractivity contribution in [2.24, 2.45) is 0 Å². The molecule has 1 saturated heterocycles. The van der Waals surface area contributed by atoms with E-state index in [1.165, 1.54) is 21.3 Å². The van der Waals surface area contributed by atoms with Gasteiger partial charge in [-0.05, 0) is 43.4 Å². The van der Waals surface area contributed by atoms with Crippen LogP contribution in [0.1, 0.15) is 39.2 Å². The number of Topliss-reactive ketones (excluding diaryl/α,β-unsaturated/α-hetero) is 1. The predicted octanol–water partition coefficient (Wildman–Crippen LogP) is 2.81. The molecule has 1 aliphatic carbocycles. The maximum atomic E-state index is 12.8. The van der Waals surface area contributed by atoms with Crippen molar-refractivity contribution in [2.75, 3.05) is 38.2 Å². The Kier molecular flexibility index (Phi) is 6.20. The predicted molar refractivity (Wildman–Crippen MR) is 115 cm³/mol. The molecule has 1 aliphatic heterocycles. The largest absolute Gasteiger partial charge is 0.379 e. The molecule has 2 heterocycles. The number of rotatable bonds is 6. The van der Waals surface area contributed by atoms with Crippen LogP contribution in [0.3, 0.4) is 0 Å². The van der Waals surface area contributed by atoms with Crippen molar-refractivity contribution in [3.8, 4) is 6.07 Å². The number of nitriles is 1. The number of morpholine rings is 1. The molecule has 1 aromatic heterocycles. The Morgan fingerprint density at radius 2 is 2.00 bits per heavy atom. The average Bonchev–Trinajstić information content (AvgIpc) is 3.15. The summed E-state index contributed by atoms with van der Waals surface area (Å²) in [5.41, 5.74) is 2.09. The molecule has 1 aromatic carbocycles. The van der Waals surface area contributed by atoms with E-state index in [-0.39, 0.29) is 17.2 Å². The molecule has 0 amide bonds. The van der Waals surface area contributed by atoms with Gasteiger partial charge in [0.25, 0.3) is 0 Å². The Bertz CT molecular complexity index is 1100. The van der Waals surface area contributed by atoms with E-state index in [4.69, 9.17) is 4.74 Å². The van der Waals surface area contributed by atoms with E-state index in [1.54, 1.807) is 23.5 Å². The van der Waals surface area contributed by atoms with Gasteiger partial charge in [0.15, 0.2) is 5.78 Å². The van der Waals surface area contributed by atoms with Crippen molar-refractivity contribution in [1.82, 2.24) is 4.31 Å². The van der Waals surface area contributed by atoms with Crippen LogP contribution in [0.15, 0.2) is 29.2 Å². The molecule has 7 nitrogen and oxygen atoms in total. The molecule has 0 radical (unpaired) electrons. The number of ketones is 1. The van der Waals surface area contributed by atoms with E-state index in [9.17, 15) is 18.5 Å². The zero-order valence-electron chi connectivity index (χ0n) is 16.5. The molecule has 0 spiro atoms. The number of carbonyl (C=O) groups is 1. The number of nitrogens with zero attached hydrogens (tertiary/aromatic N) is 2. The monoisotopic (exact) mass is 445 g/mol. The van der Waals surface area contributed by atoms with Crippen LogP contribution >= 0.6 is 11.3 Å². The van der Waals surface area contributed by atoms with E-state index in [2.05, 4.69) is 11.4 Å². The van der Waals surface area contributed by atoms with Gasteiger partial charge in [-0.15, -0.1) is 11.3 Å². The lowest BCUT2D eigenvalue weighted by atomic mass is 9.96. The lowest BCUT2D eigenvalue weighted by Gasteiger charge is -2.26. The quantitative estimate of drug-likeness (QED) is 0.687. The topological polar surface area (TPSA) is 99.5 Å². The summed E-state index contributed by atoms with van der Waals surface area (Å²) in [5, 5.41) is 13.4. The molecule has 30 heavy (non-hydrogen) atoms. The number of nitrogens with one attached hydrogen (secondary N) is 1. The number of carbonyl (C=O) groups excluding carboxylic acids is 1. The van der Waals surface area contributed by atoms with Crippen molar-refractivity contribution in [3.63, 3.8) is 0 Å². The van der Waals surface area contributed by atoms with Gasteiger partial charge in [0, 0.05) is 23.5 Å². The molecule has 1 fully saturated rings. The van der Waals surface area contributed by atoms with Crippen LogP contribution in [0.2, 0.25) is 0 Å². The second kappa shape index (κ2) is 8.86. The highest BCUT2D eigenvalue weighted by atomic mass is 32.2. The van der Waals surface area contributed by atoms with Gasteiger partial charge >= 0.3 is 0 Å². The lowest BCUT2D eigenvalue weighted by Crippen LogP contribution is -2.40. The molecule has 0 saturated carbocycles. The number of sulfonamides is 1. The fourth-order valence-corrected chi connectivity index (χ4v) is 6.53. The zero-order valence-corrected chi connectivity index (χ0v) is 18.2. The lowest BCUT2D eigenvalue weighted by molar-refractivity contribution is 0.0730. The van der Waals surface area contributed by atoms with Crippen molar-refractivity contribution >= 4 is 32.1 Å². The summed E-state index contributed by atoms with van der Waals surface area (Å²) in [5.74, 6) is -0.218. The maximum absolute atomic E-state index is 12.8. The van der Waals surface area contributed by atoms with Crippen LogP contribution in [-0.2, 0) is 27.6 Å². The van der Waals surface area contributed by atoms with Crippen LogP contribution < -0.4 is 5.32 Å². The number of fused-ring (bicyclic) bond motifs is 1. The van der Waals surface area contributed by atoms with Crippen molar-refractivity contribution in [3.05, 3.63) is 45.8 Å². The minimum Gasteiger partial charge on any atom is -0.379 e. The molecule has 4 rings (SSSR count). The van der Waals surface area contributed by atoms with Gasteiger partial charge in [0.1, 0.15) is 11.1 Å². The summed E-state index contributed by atoms with van der Waals surface area (Å²) >= 11 is 1.55. The fraction of sp³-hybridized carbons (Fsp3) is 0.429. The van der Waals surface area contributed by atoms with Gasteiger partial charge in [-0.3, -0.25) is 4.79 Å². The van der Waals surface area contributed by atoms with Gasteiger partial charge in [-0.25, -0.2) is 8.42 Å². The van der Waals surface area contributed by atoms with Gasteiger partial charge in [-0.1, -0.05) is 12.1 Å². The number of hydrogen-bond donors (Lipinski definition) is 1. The molecule has 0 unspecified atom stereocenters. The molecular formula is C21H23N3O4S2. The summed E-state index contributed by atoms with van der Waals surface area (Å²) in [4.78, 5) is 14.1. The van der Waals surface area contributed by atoms with E-state index >= 15 is 0 Å². The van der Waals surface area contributed by atoms with Gasteiger partial charge in [0.05, 0.1) is 30.2 Å². The van der Waals surface area contributed by atoms with E-state index in [0.29, 0.717) is 37.4 Å². The molecule has 9 heteroatoms. The summed E-state index contributed by atoms with van der Waals surface area (Å²) < 4.78 is 32.3. The molecule has 0 atom stereocenters. The number of benzene rings is 1. The zero-order chi connectivity index (χ0) is 21.1. The highest BCUT2D eigenvalue weighted by Crippen LogP contribution is 2.37. The number of ether oxygens (including phenoxy) is 1. The number of anilines is 1. The Hall–Kier alpha value is -2.25. The highest BCUT2D eigenvalue weighted by Gasteiger charge is 2.27. The normalized spacial score (nSPS) is 17.2. The number of thiophene rings is 1. The van der Waals surface area contributed by atoms with Crippen LogP contribution in [0.5, 0.6) is 0 Å². The Labute approximate surface area is 180 Å². The third kappa shape index (κ3) is 4.14. The Balaban J connectivity index is 1.49. The molecule has 0 bridgehead atoms. The highest BCUT2D eigenvalue weighted by molar-refractivity contribution is 7.89. The summed E-state index contributed by atoms with van der Waals surface area (Å²) in [6, 6.07) is 8.42. The molecule has 2 aromatic rings. The Morgan fingerprint density at radius 3 is 2.77 bits per heavy atom. The average molecular weight is 446 g/mol. The van der Waals surface area contributed by atoms with Crippen LogP contribution in [0, 0.1) is 11.3 Å². The van der Waals surface area contributed by atoms with Crippen LogP contribution in [-0.4, -0.2) is 51.4 Å². The second-order valence-electron chi connectivity index (χ2n) is 7.35. The van der Waals surface area contributed by atoms with E-state index < -0.39 is 10.0 Å². The van der Waals surface area contributed by atoms with E-state index in [0.717, 1.165) is 36.2 Å². The molecular weight excluding hydrogens is 422 g/mol. The summed E-state index contributed by atoms with van der Waals surface area (Å²) in [6.07, 6.45) is 4.10. The van der Waals surface area contributed by atoms with Gasteiger partial charge < -0.3 is 10.1 Å². The van der Waals surface area contributed by atoms with E-state index in [1.807, 2.05) is 0 Å². The van der Waals surface area contributed by atoms with Gasteiger partial charge in [0.2, 0.25) is 10.0 Å². The smallest absolute Gasteiger partial charge is 0.243 e. The first kappa shape index (κ1) is 21.0. The molecule has 1 N–H and O–H groups in total. The first-order chi connectivity index (χ1) is 14.5. The summed E-state index contributed by atoms with van der Waals surface area (Å²) in [6.45, 7) is 1.36. The first-order valence-electron chi connectivity index (χ1n) is 10.0. The third-order valence-electron chi connectivity index (χ3n) is 5.46. The third-order valence-corrected chi connectivity index (χ3v) is 8.60.